The Morgan fingerprint density at radius 2 is 1.95 bits per heavy atom. The molecular weight excluding hydrogens is 283 g/mol. The van der Waals surface area contributed by atoms with E-state index in [0.29, 0.717) is 30.8 Å². The molecular formula is C17H17FN2O2. The largest absolute Gasteiger partial charge is 0.385 e. The van der Waals surface area contributed by atoms with Gasteiger partial charge >= 0.3 is 0 Å². The van der Waals surface area contributed by atoms with Crippen LogP contribution in [0.2, 0.25) is 0 Å². The standard InChI is InChI=1S/C17H17FN2O2/c1-22-12-2-11-20-16(13-3-6-15(18)7-4-13)8-5-14(9-10-19)17(20)21/h3-8H,2,9,11-12H2,1H3. The summed E-state index contributed by atoms with van der Waals surface area (Å²) >= 11 is 0. The molecule has 0 saturated carbocycles. The number of pyridine rings is 1. The van der Waals surface area contributed by atoms with Gasteiger partial charge in [0.25, 0.3) is 5.56 Å². The van der Waals surface area contributed by atoms with Crippen molar-refractivity contribution in [1.82, 2.24) is 4.57 Å². The molecule has 1 heterocycles. The number of ether oxygens (including phenoxy) is 1. The highest BCUT2D eigenvalue weighted by Crippen LogP contribution is 2.19. The van der Waals surface area contributed by atoms with Gasteiger partial charge in [0.2, 0.25) is 0 Å². The summed E-state index contributed by atoms with van der Waals surface area (Å²) < 4.78 is 19.7. The number of halogens is 1. The molecule has 0 radical (unpaired) electrons. The van der Waals surface area contributed by atoms with Crippen LogP contribution in [-0.4, -0.2) is 18.3 Å². The van der Waals surface area contributed by atoms with E-state index in [1.807, 2.05) is 6.07 Å². The lowest BCUT2D eigenvalue weighted by Gasteiger charge is -2.14. The van der Waals surface area contributed by atoms with Crippen LogP contribution in [0, 0.1) is 17.1 Å². The first-order chi connectivity index (χ1) is 10.7. The van der Waals surface area contributed by atoms with Gasteiger partial charge in [0, 0.05) is 25.8 Å². The topological polar surface area (TPSA) is 55.0 Å². The molecule has 0 aliphatic carbocycles. The number of nitrogens with zero attached hydrogens (tertiary/aromatic N) is 2. The lowest BCUT2D eigenvalue weighted by Crippen LogP contribution is -2.25. The maximum Gasteiger partial charge on any atom is 0.255 e. The van der Waals surface area contributed by atoms with Crippen LogP contribution in [0.1, 0.15) is 12.0 Å². The van der Waals surface area contributed by atoms with Gasteiger partial charge in [-0.25, -0.2) is 4.39 Å². The smallest absolute Gasteiger partial charge is 0.255 e. The molecule has 1 aromatic carbocycles. The molecule has 0 fully saturated rings. The summed E-state index contributed by atoms with van der Waals surface area (Å²) in [6, 6.07) is 11.5. The van der Waals surface area contributed by atoms with Crippen molar-refractivity contribution in [3.05, 3.63) is 58.1 Å². The zero-order valence-electron chi connectivity index (χ0n) is 12.4. The Morgan fingerprint density at radius 3 is 2.59 bits per heavy atom. The number of hydrogen-bond donors (Lipinski definition) is 0. The van der Waals surface area contributed by atoms with Crippen LogP contribution >= 0.6 is 0 Å². The lowest BCUT2D eigenvalue weighted by molar-refractivity contribution is 0.190. The number of hydrogen-bond acceptors (Lipinski definition) is 3. The van der Waals surface area contributed by atoms with Gasteiger partial charge in [0.1, 0.15) is 5.82 Å². The normalized spacial score (nSPS) is 10.4. The SMILES string of the molecule is COCCCn1c(-c2ccc(F)cc2)ccc(CC#N)c1=O. The summed E-state index contributed by atoms with van der Waals surface area (Å²) in [4.78, 5) is 12.5. The monoisotopic (exact) mass is 300 g/mol. The third-order valence-corrected chi connectivity index (χ3v) is 3.39. The van der Waals surface area contributed by atoms with Crippen LogP contribution < -0.4 is 5.56 Å². The molecule has 22 heavy (non-hydrogen) atoms. The van der Waals surface area contributed by atoms with Crippen LogP contribution in [0.3, 0.4) is 0 Å². The molecule has 0 spiro atoms. The Balaban J connectivity index is 2.47. The Kier molecular flexibility index (Phi) is 5.45. The molecule has 0 aliphatic rings. The zero-order valence-corrected chi connectivity index (χ0v) is 12.4. The van der Waals surface area contributed by atoms with E-state index in [2.05, 4.69) is 0 Å². The quantitative estimate of drug-likeness (QED) is 0.771. The highest BCUT2D eigenvalue weighted by Gasteiger charge is 2.10. The molecule has 0 N–H and O–H groups in total. The highest BCUT2D eigenvalue weighted by molar-refractivity contribution is 5.59. The van der Waals surface area contributed by atoms with E-state index in [0.717, 1.165) is 5.56 Å². The molecule has 4 nitrogen and oxygen atoms in total. The molecule has 0 amide bonds. The van der Waals surface area contributed by atoms with E-state index in [1.165, 1.54) is 12.1 Å². The van der Waals surface area contributed by atoms with Gasteiger partial charge in [-0.15, -0.1) is 0 Å². The first kappa shape index (κ1) is 15.9. The minimum Gasteiger partial charge on any atom is -0.385 e. The second-order valence-corrected chi connectivity index (χ2v) is 4.89. The van der Waals surface area contributed by atoms with Gasteiger partial charge in [-0.3, -0.25) is 4.79 Å². The fraction of sp³-hybridized carbons (Fsp3) is 0.294. The molecule has 0 aliphatic heterocycles. The number of rotatable bonds is 6. The van der Waals surface area contributed by atoms with Gasteiger partial charge in [0.15, 0.2) is 0 Å². The lowest BCUT2D eigenvalue weighted by atomic mass is 10.1. The summed E-state index contributed by atoms with van der Waals surface area (Å²) in [7, 11) is 1.61. The molecule has 0 atom stereocenters. The van der Waals surface area contributed by atoms with E-state index in [4.69, 9.17) is 10.00 Å². The van der Waals surface area contributed by atoms with Gasteiger partial charge < -0.3 is 9.30 Å². The molecule has 114 valence electrons. The van der Waals surface area contributed by atoms with Crippen molar-refractivity contribution < 1.29 is 9.13 Å². The van der Waals surface area contributed by atoms with Crippen molar-refractivity contribution >= 4 is 0 Å². The van der Waals surface area contributed by atoms with E-state index in [9.17, 15) is 9.18 Å². The van der Waals surface area contributed by atoms with Crippen molar-refractivity contribution in [3.63, 3.8) is 0 Å². The average Bonchev–Trinajstić information content (AvgIpc) is 2.52. The number of benzene rings is 1. The van der Waals surface area contributed by atoms with Gasteiger partial charge in [-0.1, -0.05) is 6.07 Å². The van der Waals surface area contributed by atoms with Crippen molar-refractivity contribution in [2.24, 2.45) is 0 Å². The summed E-state index contributed by atoms with van der Waals surface area (Å²) in [5.41, 5.74) is 1.76. The molecule has 1 aromatic heterocycles. The Labute approximate surface area is 128 Å². The molecule has 0 saturated heterocycles. The third kappa shape index (κ3) is 3.60. The fourth-order valence-corrected chi connectivity index (χ4v) is 2.30. The zero-order chi connectivity index (χ0) is 15.9. The summed E-state index contributed by atoms with van der Waals surface area (Å²) in [5, 5.41) is 8.81. The third-order valence-electron chi connectivity index (χ3n) is 3.39. The van der Waals surface area contributed by atoms with Crippen LogP contribution in [0.25, 0.3) is 11.3 Å². The Hall–Kier alpha value is -2.45. The second kappa shape index (κ2) is 7.53. The van der Waals surface area contributed by atoms with Gasteiger partial charge in [-0.2, -0.15) is 5.26 Å². The van der Waals surface area contributed by atoms with E-state index in [1.54, 1.807) is 35.9 Å². The van der Waals surface area contributed by atoms with E-state index in [-0.39, 0.29) is 17.8 Å². The van der Waals surface area contributed by atoms with Crippen LogP contribution in [0.4, 0.5) is 4.39 Å². The van der Waals surface area contributed by atoms with E-state index < -0.39 is 0 Å². The molecule has 0 unspecified atom stereocenters. The summed E-state index contributed by atoms with van der Waals surface area (Å²) in [6.07, 6.45) is 0.757. The first-order valence-electron chi connectivity index (χ1n) is 7.02. The minimum absolute atomic E-state index is 0.0762. The summed E-state index contributed by atoms with van der Waals surface area (Å²) in [5.74, 6) is -0.321. The molecule has 2 aromatic rings. The van der Waals surface area contributed by atoms with Gasteiger partial charge in [-0.05, 0) is 42.3 Å². The summed E-state index contributed by atoms with van der Waals surface area (Å²) in [6.45, 7) is 1.02. The molecule has 2 rings (SSSR count). The van der Waals surface area contributed by atoms with Crippen molar-refractivity contribution in [2.45, 2.75) is 19.4 Å². The first-order valence-corrected chi connectivity index (χ1v) is 7.02. The molecule has 0 bridgehead atoms. The number of aromatic nitrogens is 1. The average molecular weight is 300 g/mol. The van der Waals surface area contributed by atoms with Crippen LogP contribution in [0.5, 0.6) is 0 Å². The van der Waals surface area contributed by atoms with Gasteiger partial charge in [0.05, 0.1) is 18.2 Å². The molecule has 5 heteroatoms. The minimum atomic E-state index is -0.321. The van der Waals surface area contributed by atoms with Crippen molar-refractivity contribution in [2.75, 3.05) is 13.7 Å². The Bertz CT molecular complexity index is 730. The Morgan fingerprint density at radius 1 is 1.23 bits per heavy atom. The highest BCUT2D eigenvalue weighted by atomic mass is 19.1. The number of methoxy groups -OCH3 is 1. The number of nitriles is 1. The van der Waals surface area contributed by atoms with Crippen molar-refractivity contribution in [1.29, 1.82) is 5.26 Å². The maximum absolute atomic E-state index is 13.1. The maximum atomic E-state index is 13.1. The van der Waals surface area contributed by atoms with E-state index >= 15 is 0 Å². The predicted molar refractivity (Wildman–Crippen MR) is 81.9 cm³/mol. The van der Waals surface area contributed by atoms with Crippen LogP contribution in [-0.2, 0) is 17.7 Å². The second-order valence-electron chi connectivity index (χ2n) is 4.89. The van der Waals surface area contributed by atoms with Crippen molar-refractivity contribution in [3.8, 4) is 17.3 Å². The fourth-order valence-electron chi connectivity index (χ4n) is 2.30. The predicted octanol–water partition coefficient (Wildman–Crippen LogP) is 2.76. The van der Waals surface area contributed by atoms with Crippen LogP contribution in [0.15, 0.2) is 41.2 Å².